The molecule has 3 aromatic carbocycles. The van der Waals surface area contributed by atoms with Crippen LogP contribution in [0.3, 0.4) is 0 Å². The molecule has 0 spiro atoms. The van der Waals surface area contributed by atoms with Crippen LogP contribution in [0.4, 0.5) is 15.8 Å². The molecule has 1 fully saturated rings. The maximum Gasteiger partial charge on any atom is 0.233 e. The van der Waals surface area contributed by atoms with E-state index in [1.54, 1.807) is 48.2 Å². The molecular formula is C28H29FN2O4S. The number of anilines is 2. The van der Waals surface area contributed by atoms with Crippen molar-refractivity contribution in [1.82, 2.24) is 0 Å². The Bertz CT molecular complexity index is 1350. The molecule has 1 aliphatic rings. The molecule has 0 aromatic heterocycles. The number of benzene rings is 3. The second-order valence-corrected chi connectivity index (χ2v) is 11.6. The van der Waals surface area contributed by atoms with Gasteiger partial charge in [-0.2, -0.15) is 0 Å². The average molecular weight is 509 g/mol. The van der Waals surface area contributed by atoms with Gasteiger partial charge in [-0.25, -0.2) is 12.8 Å². The van der Waals surface area contributed by atoms with Gasteiger partial charge >= 0.3 is 0 Å². The molecule has 0 bridgehead atoms. The Morgan fingerprint density at radius 1 is 0.972 bits per heavy atom. The Hall–Kier alpha value is -3.52. The summed E-state index contributed by atoms with van der Waals surface area (Å²) in [6, 6.07) is 19.4. The minimum Gasteiger partial charge on any atom is -0.326 e. The van der Waals surface area contributed by atoms with E-state index in [1.807, 2.05) is 26.0 Å². The summed E-state index contributed by atoms with van der Waals surface area (Å²) in [6.07, 6.45) is 0.110. The lowest BCUT2D eigenvalue weighted by Gasteiger charge is -2.49. The predicted molar refractivity (Wildman–Crippen MR) is 138 cm³/mol. The number of rotatable bonds is 8. The normalized spacial score (nSPS) is 17.7. The highest BCUT2D eigenvalue weighted by Crippen LogP contribution is 2.46. The summed E-state index contributed by atoms with van der Waals surface area (Å²) in [5.41, 5.74) is 2.91. The van der Waals surface area contributed by atoms with Crippen molar-refractivity contribution < 1.29 is 22.4 Å². The van der Waals surface area contributed by atoms with E-state index < -0.39 is 9.84 Å². The Morgan fingerprint density at radius 3 is 2.14 bits per heavy atom. The molecule has 188 valence electrons. The molecule has 0 aliphatic carbocycles. The zero-order chi connectivity index (χ0) is 26.0. The smallest absolute Gasteiger partial charge is 0.233 e. The summed E-state index contributed by atoms with van der Waals surface area (Å²) >= 11 is 0. The fourth-order valence-corrected chi connectivity index (χ4v) is 5.43. The lowest BCUT2D eigenvalue weighted by atomic mass is 9.75. The number of amides is 2. The lowest BCUT2D eigenvalue weighted by molar-refractivity contribution is -0.132. The molecule has 2 unspecified atom stereocenters. The number of hydrogen-bond acceptors (Lipinski definition) is 4. The van der Waals surface area contributed by atoms with Gasteiger partial charge in [-0.15, -0.1) is 0 Å². The van der Waals surface area contributed by atoms with Crippen molar-refractivity contribution in [3.63, 3.8) is 0 Å². The number of hydrogen-bond donors (Lipinski definition) is 1. The van der Waals surface area contributed by atoms with Crippen molar-refractivity contribution >= 4 is 33.0 Å². The second-order valence-electron chi connectivity index (χ2n) is 9.29. The molecule has 4 rings (SSSR count). The molecule has 0 radical (unpaired) electrons. The van der Waals surface area contributed by atoms with Gasteiger partial charge < -0.3 is 10.2 Å². The van der Waals surface area contributed by atoms with Gasteiger partial charge in [-0.1, -0.05) is 45.0 Å². The number of carbonyl (C=O) groups excluding carboxylic acids is 2. The Morgan fingerprint density at radius 2 is 1.58 bits per heavy atom. The first-order valence-corrected chi connectivity index (χ1v) is 13.6. The molecule has 36 heavy (non-hydrogen) atoms. The lowest BCUT2D eigenvalue weighted by Crippen LogP contribution is -2.57. The second kappa shape index (κ2) is 10.2. The molecule has 1 N–H and O–H groups in total. The van der Waals surface area contributed by atoms with E-state index in [0.717, 1.165) is 5.56 Å². The topological polar surface area (TPSA) is 83.5 Å². The SMILES string of the molecule is CCS(=O)(=O)c1ccc(CC(=O)Nc2ccc(C3C(C(C)C)C(=O)N3c3ccc(F)cc3)cc2)cc1. The van der Waals surface area contributed by atoms with Crippen LogP contribution in [-0.2, 0) is 25.8 Å². The van der Waals surface area contributed by atoms with Gasteiger partial charge in [0.25, 0.3) is 0 Å². The van der Waals surface area contributed by atoms with Gasteiger partial charge in [-0.3, -0.25) is 9.59 Å². The molecule has 2 amide bonds. The van der Waals surface area contributed by atoms with E-state index in [-0.39, 0.29) is 52.6 Å². The van der Waals surface area contributed by atoms with Crippen molar-refractivity contribution in [2.75, 3.05) is 16.0 Å². The first-order chi connectivity index (χ1) is 17.1. The minimum atomic E-state index is -3.28. The largest absolute Gasteiger partial charge is 0.326 e. The molecule has 8 heteroatoms. The van der Waals surface area contributed by atoms with Gasteiger partial charge in [0.1, 0.15) is 5.82 Å². The van der Waals surface area contributed by atoms with E-state index in [0.29, 0.717) is 16.9 Å². The number of sulfone groups is 1. The monoisotopic (exact) mass is 508 g/mol. The molecular weight excluding hydrogens is 479 g/mol. The van der Waals surface area contributed by atoms with Crippen LogP contribution in [0.15, 0.2) is 77.7 Å². The fourth-order valence-electron chi connectivity index (χ4n) is 4.54. The van der Waals surface area contributed by atoms with Crippen molar-refractivity contribution in [1.29, 1.82) is 0 Å². The first kappa shape index (κ1) is 25.6. The molecule has 1 saturated heterocycles. The summed E-state index contributed by atoms with van der Waals surface area (Å²) in [5, 5.41) is 2.86. The number of halogens is 1. The van der Waals surface area contributed by atoms with Crippen LogP contribution in [0.5, 0.6) is 0 Å². The van der Waals surface area contributed by atoms with Gasteiger partial charge in [0.2, 0.25) is 11.8 Å². The van der Waals surface area contributed by atoms with E-state index in [1.165, 1.54) is 24.3 Å². The highest BCUT2D eigenvalue weighted by atomic mass is 32.2. The zero-order valence-electron chi connectivity index (χ0n) is 20.4. The van der Waals surface area contributed by atoms with Gasteiger partial charge in [-0.05, 0) is 65.6 Å². The molecule has 1 aliphatic heterocycles. The molecule has 1 heterocycles. The van der Waals surface area contributed by atoms with Crippen LogP contribution < -0.4 is 10.2 Å². The van der Waals surface area contributed by atoms with Crippen LogP contribution in [0.1, 0.15) is 37.9 Å². The summed E-state index contributed by atoms with van der Waals surface area (Å²) < 4.78 is 37.3. The number of nitrogens with one attached hydrogen (secondary N) is 1. The third kappa shape index (κ3) is 5.18. The van der Waals surface area contributed by atoms with Crippen molar-refractivity contribution in [2.24, 2.45) is 11.8 Å². The Kier molecular flexibility index (Phi) is 7.26. The van der Waals surface area contributed by atoms with E-state index in [4.69, 9.17) is 0 Å². The van der Waals surface area contributed by atoms with Crippen molar-refractivity contribution in [3.8, 4) is 0 Å². The van der Waals surface area contributed by atoms with Crippen LogP contribution in [0.2, 0.25) is 0 Å². The predicted octanol–water partition coefficient (Wildman–Crippen LogP) is 5.16. The molecule has 3 aromatic rings. The standard InChI is InChI=1S/C28H29FN2O4S/c1-4-36(34,35)24-15-5-19(6-16-24)17-25(32)30-22-11-7-20(8-12-22)27-26(18(2)3)28(33)31(27)23-13-9-21(29)10-14-23/h5-16,18,26-27H,4,17H2,1-3H3,(H,30,32). The van der Waals surface area contributed by atoms with E-state index in [2.05, 4.69) is 5.32 Å². The Labute approximate surface area is 211 Å². The molecule has 0 saturated carbocycles. The van der Waals surface area contributed by atoms with Crippen LogP contribution in [0.25, 0.3) is 0 Å². The van der Waals surface area contributed by atoms with Crippen LogP contribution in [0, 0.1) is 17.7 Å². The van der Waals surface area contributed by atoms with Gasteiger partial charge in [0.05, 0.1) is 29.0 Å². The quantitative estimate of drug-likeness (QED) is 0.426. The maximum absolute atomic E-state index is 13.4. The number of carbonyl (C=O) groups is 2. The first-order valence-electron chi connectivity index (χ1n) is 11.9. The summed E-state index contributed by atoms with van der Waals surface area (Å²) in [6.45, 7) is 5.61. The number of β-lactam (4-membered cyclic amide) rings is 1. The van der Waals surface area contributed by atoms with E-state index in [9.17, 15) is 22.4 Å². The third-order valence-corrected chi connectivity index (χ3v) is 8.28. The minimum absolute atomic E-state index is 0.0109. The highest BCUT2D eigenvalue weighted by Gasteiger charge is 2.50. The van der Waals surface area contributed by atoms with Gasteiger partial charge in [0, 0.05) is 11.4 Å². The zero-order valence-corrected chi connectivity index (χ0v) is 21.3. The average Bonchev–Trinajstić information content (AvgIpc) is 2.84. The van der Waals surface area contributed by atoms with Crippen molar-refractivity contribution in [2.45, 2.75) is 38.1 Å². The maximum atomic E-state index is 13.4. The molecule has 2 atom stereocenters. The van der Waals surface area contributed by atoms with Crippen molar-refractivity contribution in [3.05, 3.63) is 89.7 Å². The fraction of sp³-hybridized carbons (Fsp3) is 0.286. The van der Waals surface area contributed by atoms with Gasteiger partial charge in [0.15, 0.2) is 9.84 Å². The van der Waals surface area contributed by atoms with E-state index >= 15 is 0 Å². The number of nitrogens with zero attached hydrogens (tertiary/aromatic N) is 1. The van der Waals surface area contributed by atoms with Crippen LogP contribution in [-0.4, -0.2) is 26.0 Å². The summed E-state index contributed by atoms with van der Waals surface area (Å²) in [5.74, 6) is -0.590. The summed E-state index contributed by atoms with van der Waals surface area (Å²) in [7, 11) is -3.28. The molecule has 6 nitrogen and oxygen atoms in total. The highest BCUT2D eigenvalue weighted by molar-refractivity contribution is 7.91. The Balaban J connectivity index is 1.45. The third-order valence-electron chi connectivity index (χ3n) is 6.53. The summed E-state index contributed by atoms with van der Waals surface area (Å²) in [4.78, 5) is 27.4. The van der Waals surface area contributed by atoms with Crippen LogP contribution >= 0.6 is 0 Å².